The zero-order valence-corrected chi connectivity index (χ0v) is 7.28. The molecule has 1 aromatic rings. The molecule has 1 atom stereocenters. The Morgan fingerprint density at radius 1 is 1.31 bits per heavy atom. The number of halogens is 1. The van der Waals surface area contributed by atoms with Crippen molar-refractivity contribution in [2.24, 2.45) is 0 Å². The predicted octanol–water partition coefficient (Wildman–Crippen LogP) is 1.17. The molecule has 3 heteroatoms. The lowest BCUT2D eigenvalue weighted by molar-refractivity contribution is 0.156. The highest BCUT2D eigenvalue weighted by molar-refractivity contribution is 5.18. The Kier molecular flexibility index (Phi) is 2.29. The van der Waals surface area contributed by atoms with Crippen molar-refractivity contribution in [3.63, 3.8) is 0 Å². The van der Waals surface area contributed by atoms with Crippen LogP contribution in [-0.2, 0) is 0 Å². The number of β-amino-alcohol motifs (C(OH)–C–C–N with tert-alkyl or cyclic N) is 1. The summed E-state index contributed by atoms with van der Waals surface area (Å²) in [5.74, 6) is -0.261. The molecule has 13 heavy (non-hydrogen) atoms. The predicted molar refractivity (Wildman–Crippen MR) is 47.8 cm³/mol. The molecule has 1 aromatic carbocycles. The minimum Gasteiger partial charge on any atom is -0.387 e. The van der Waals surface area contributed by atoms with Crippen LogP contribution < -0.4 is 0 Å². The average Bonchev–Trinajstić information content (AvgIpc) is 2.89. The van der Waals surface area contributed by atoms with Gasteiger partial charge in [0.1, 0.15) is 5.82 Å². The van der Waals surface area contributed by atoms with Crippen LogP contribution in [0, 0.1) is 5.82 Å². The molecule has 2 nitrogen and oxygen atoms in total. The van der Waals surface area contributed by atoms with Gasteiger partial charge in [0, 0.05) is 19.6 Å². The second kappa shape index (κ2) is 3.44. The van der Waals surface area contributed by atoms with Crippen LogP contribution in [0.15, 0.2) is 24.3 Å². The first-order chi connectivity index (χ1) is 6.25. The fourth-order valence-corrected chi connectivity index (χ4v) is 1.29. The van der Waals surface area contributed by atoms with Gasteiger partial charge in [0.25, 0.3) is 0 Å². The smallest absolute Gasteiger partial charge is 0.123 e. The zero-order valence-electron chi connectivity index (χ0n) is 7.28. The lowest BCUT2D eigenvalue weighted by atomic mass is 10.1. The maximum absolute atomic E-state index is 12.5. The van der Waals surface area contributed by atoms with Crippen molar-refractivity contribution < 1.29 is 9.50 Å². The summed E-state index contributed by atoms with van der Waals surface area (Å²) in [5, 5.41) is 9.66. The number of benzene rings is 1. The lowest BCUT2D eigenvalue weighted by Gasteiger charge is -2.10. The van der Waals surface area contributed by atoms with E-state index in [-0.39, 0.29) is 5.82 Å². The van der Waals surface area contributed by atoms with Crippen LogP contribution in [0.4, 0.5) is 4.39 Å². The van der Waals surface area contributed by atoms with E-state index in [2.05, 4.69) is 4.90 Å². The normalized spacial score (nSPS) is 18.6. The maximum Gasteiger partial charge on any atom is 0.123 e. The minimum absolute atomic E-state index is 0.261. The Bertz CT molecular complexity index is 281. The Morgan fingerprint density at radius 2 is 1.92 bits per heavy atom. The first kappa shape index (κ1) is 8.66. The van der Waals surface area contributed by atoms with Crippen LogP contribution in [0.2, 0.25) is 0 Å². The molecule has 1 aliphatic heterocycles. The lowest BCUT2D eigenvalue weighted by Crippen LogP contribution is -2.10. The number of aliphatic hydroxyl groups is 1. The topological polar surface area (TPSA) is 23.2 Å². The molecule has 0 aromatic heterocycles. The highest BCUT2D eigenvalue weighted by Gasteiger charge is 2.21. The third kappa shape index (κ3) is 2.26. The van der Waals surface area contributed by atoms with Gasteiger partial charge in [0.15, 0.2) is 0 Å². The van der Waals surface area contributed by atoms with Gasteiger partial charge in [-0.15, -0.1) is 0 Å². The zero-order chi connectivity index (χ0) is 9.26. The Balaban J connectivity index is 2.01. The highest BCUT2D eigenvalue weighted by atomic mass is 19.1. The first-order valence-electron chi connectivity index (χ1n) is 4.41. The van der Waals surface area contributed by atoms with Crippen LogP contribution in [0.5, 0.6) is 0 Å². The van der Waals surface area contributed by atoms with Crippen molar-refractivity contribution >= 4 is 0 Å². The van der Waals surface area contributed by atoms with Crippen LogP contribution in [0.25, 0.3) is 0 Å². The number of hydrogen-bond donors (Lipinski definition) is 1. The SMILES string of the molecule is OC(CN1CC1)c1ccc(F)cc1. The van der Waals surface area contributed by atoms with Gasteiger partial charge >= 0.3 is 0 Å². The molecule has 0 spiro atoms. The van der Waals surface area contributed by atoms with E-state index in [0.29, 0.717) is 6.54 Å². The molecule has 1 unspecified atom stereocenters. The Hall–Kier alpha value is -0.930. The van der Waals surface area contributed by atoms with E-state index < -0.39 is 6.10 Å². The van der Waals surface area contributed by atoms with E-state index in [1.165, 1.54) is 12.1 Å². The van der Waals surface area contributed by atoms with Gasteiger partial charge in [-0.3, -0.25) is 4.90 Å². The Morgan fingerprint density at radius 3 is 2.46 bits per heavy atom. The largest absolute Gasteiger partial charge is 0.387 e. The van der Waals surface area contributed by atoms with Crippen molar-refractivity contribution in [1.29, 1.82) is 0 Å². The fraction of sp³-hybridized carbons (Fsp3) is 0.400. The molecule has 2 rings (SSSR count). The van der Waals surface area contributed by atoms with E-state index in [4.69, 9.17) is 0 Å². The molecule has 0 radical (unpaired) electrons. The Labute approximate surface area is 76.6 Å². The standard InChI is InChI=1S/C10H12FNO/c11-9-3-1-8(2-4-9)10(13)7-12-5-6-12/h1-4,10,13H,5-7H2. The van der Waals surface area contributed by atoms with Crippen molar-refractivity contribution in [2.45, 2.75) is 6.10 Å². The summed E-state index contributed by atoms with van der Waals surface area (Å²) >= 11 is 0. The van der Waals surface area contributed by atoms with Crippen LogP contribution in [0.1, 0.15) is 11.7 Å². The van der Waals surface area contributed by atoms with Crippen molar-refractivity contribution in [3.8, 4) is 0 Å². The van der Waals surface area contributed by atoms with Crippen molar-refractivity contribution in [3.05, 3.63) is 35.6 Å². The number of nitrogens with zero attached hydrogens (tertiary/aromatic N) is 1. The second-order valence-corrected chi connectivity index (χ2v) is 3.37. The molecule has 1 saturated heterocycles. The number of hydrogen-bond acceptors (Lipinski definition) is 2. The van der Waals surface area contributed by atoms with E-state index in [1.807, 2.05) is 0 Å². The van der Waals surface area contributed by atoms with E-state index in [1.54, 1.807) is 12.1 Å². The highest BCUT2D eigenvalue weighted by Crippen LogP contribution is 2.17. The minimum atomic E-state index is -0.483. The molecule has 0 amide bonds. The van der Waals surface area contributed by atoms with Gasteiger partial charge in [-0.1, -0.05) is 12.1 Å². The molecule has 1 aliphatic rings. The molecular weight excluding hydrogens is 169 g/mol. The molecule has 0 aliphatic carbocycles. The summed E-state index contributed by atoms with van der Waals surface area (Å²) in [5.41, 5.74) is 0.785. The van der Waals surface area contributed by atoms with Crippen molar-refractivity contribution in [2.75, 3.05) is 19.6 Å². The summed E-state index contributed by atoms with van der Waals surface area (Å²) in [6, 6.07) is 6.01. The van der Waals surface area contributed by atoms with E-state index in [0.717, 1.165) is 18.7 Å². The van der Waals surface area contributed by atoms with Crippen LogP contribution in [-0.4, -0.2) is 29.6 Å². The van der Waals surface area contributed by atoms with Gasteiger partial charge in [0.05, 0.1) is 6.10 Å². The van der Waals surface area contributed by atoms with Crippen LogP contribution >= 0.6 is 0 Å². The van der Waals surface area contributed by atoms with Gasteiger partial charge in [-0.2, -0.15) is 0 Å². The second-order valence-electron chi connectivity index (χ2n) is 3.37. The first-order valence-corrected chi connectivity index (χ1v) is 4.41. The molecule has 1 heterocycles. The number of rotatable bonds is 3. The van der Waals surface area contributed by atoms with E-state index >= 15 is 0 Å². The van der Waals surface area contributed by atoms with Gasteiger partial charge in [-0.25, -0.2) is 4.39 Å². The molecule has 1 fully saturated rings. The van der Waals surface area contributed by atoms with Gasteiger partial charge in [0.2, 0.25) is 0 Å². The third-order valence-electron chi connectivity index (χ3n) is 2.23. The quantitative estimate of drug-likeness (QED) is 0.707. The molecule has 1 N–H and O–H groups in total. The van der Waals surface area contributed by atoms with Crippen LogP contribution in [0.3, 0.4) is 0 Å². The summed E-state index contributed by atoms with van der Waals surface area (Å²) < 4.78 is 12.5. The van der Waals surface area contributed by atoms with E-state index in [9.17, 15) is 9.50 Å². The van der Waals surface area contributed by atoms with Gasteiger partial charge < -0.3 is 5.11 Å². The molecule has 0 bridgehead atoms. The number of aliphatic hydroxyl groups excluding tert-OH is 1. The summed E-state index contributed by atoms with van der Waals surface area (Å²) in [6.07, 6.45) is -0.483. The maximum atomic E-state index is 12.5. The average molecular weight is 181 g/mol. The molecule has 70 valence electrons. The summed E-state index contributed by atoms with van der Waals surface area (Å²) in [6.45, 7) is 2.79. The monoisotopic (exact) mass is 181 g/mol. The third-order valence-corrected chi connectivity index (χ3v) is 2.23. The molecular formula is C10H12FNO. The summed E-state index contributed by atoms with van der Waals surface area (Å²) in [7, 11) is 0. The fourth-order valence-electron chi connectivity index (χ4n) is 1.29. The van der Waals surface area contributed by atoms with Gasteiger partial charge in [-0.05, 0) is 17.7 Å². The molecule has 0 saturated carbocycles. The van der Waals surface area contributed by atoms with Crippen molar-refractivity contribution in [1.82, 2.24) is 4.90 Å². The summed E-state index contributed by atoms with van der Waals surface area (Å²) in [4.78, 5) is 2.13.